The van der Waals surface area contributed by atoms with Crippen LogP contribution in [0.3, 0.4) is 0 Å². The fraction of sp³-hybridized carbons (Fsp3) is 0. The second kappa shape index (κ2) is 12.9. The van der Waals surface area contributed by atoms with Gasteiger partial charge in [0.1, 0.15) is 22.3 Å². The van der Waals surface area contributed by atoms with E-state index in [0.717, 1.165) is 109 Å². The van der Waals surface area contributed by atoms with Crippen LogP contribution in [0.25, 0.3) is 138 Å². The van der Waals surface area contributed by atoms with Crippen LogP contribution in [0.4, 0.5) is 0 Å². The minimum Gasteiger partial charge on any atom is -0.456 e. The van der Waals surface area contributed by atoms with Gasteiger partial charge in [0.25, 0.3) is 0 Å². The molecule has 0 saturated carbocycles. The lowest BCUT2D eigenvalue weighted by atomic mass is 9.98. The van der Waals surface area contributed by atoms with Gasteiger partial charge in [-0.2, -0.15) is 9.97 Å². The molecule has 0 spiro atoms. The van der Waals surface area contributed by atoms with Crippen LogP contribution in [-0.4, -0.2) is 19.5 Å². The van der Waals surface area contributed by atoms with Crippen molar-refractivity contribution in [2.75, 3.05) is 0 Å². The second-order valence-corrected chi connectivity index (χ2v) is 16.3. The Bertz CT molecular complexity index is 4230. The first kappa shape index (κ1) is 34.1. The molecule has 0 aliphatic carbocycles. The monoisotopic (exact) mass is 804 g/mol. The standard InChI is InChI=1S/C57H32N4O2/c1-2-14-36-31-37(24-23-33(36)11-1)55-58-56(38-26-28-42-41-17-7-8-22-48(41)62-50(42)32-38)60-57(59-55)61-52-40-16-6-4-13-35(40)25-29-45(52)43-18-9-19-44(53(43)61)46-20-10-21-47-51-39-15-5-3-12-34(39)27-30-49(51)63-54(46)47/h1-32H. The Kier molecular flexibility index (Phi) is 7.02. The van der Waals surface area contributed by atoms with E-state index in [1.54, 1.807) is 0 Å². The zero-order valence-electron chi connectivity index (χ0n) is 33.6. The molecule has 4 heterocycles. The van der Waals surface area contributed by atoms with Crippen LogP contribution in [0.5, 0.6) is 0 Å². The zero-order valence-corrected chi connectivity index (χ0v) is 33.6. The molecule has 292 valence electrons. The van der Waals surface area contributed by atoms with Crippen molar-refractivity contribution in [1.29, 1.82) is 0 Å². The molecule has 63 heavy (non-hydrogen) atoms. The molecule has 0 fully saturated rings. The van der Waals surface area contributed by atoms with E-state index in [2.05, 4.69) is 180 Å². The predicted molar refractivity (Wildman–Crippen MR) is 258 cm³/mol. The highest BCUT2D eigenvalue weighted by atomic mass is 16.3. The van der Waals surface area contributed by atoms with E-state index in [0.29, 0.717) is 17.6 Å². The van der Waals surface area contributed by atoms with Crippen molar-refractivity contribution in [2.45, 2.75) is 0 Å². The molecule has 6 heteroatoms. The summed E-state index contributed by atoms with van der Waals surface area (Å²) in [5, 5.41) is 13.3. The molecule has 14 rings (SSSR count). The highest BCUT2D eigenvalue weighted by Gasteiger charge is 2.24. The largest absolute Gasteiger partial charge is 0.456 e. The number of rotatable bonds is 4. The molecule has 0 radical (unpaired) electrons. The van der Waals surface area contributed by atoms with Crippen molar-refractivity contribution in [3.05, 3.63) is 194 Å². The molecule has 10 aromatic carbocycles. The Morgan fingerprint density at radius 3 is 1.78 bits per heavy atom. The number of aromatic nitrogens is 4. The Morgan fingerprint density at radius 2 is 0.921 bits per heavy atom. The molecule has 14 aromatic rings. The molecule has 6 nitrogen and oxygen atoms in total. The average Bonchev–Trinajstić information content (AvgIpc) is 4.03. The lowest BCUT2D eigenvalue weighted by Gasteiger charge is -2.14. The number of para-hydroxylation sites is 3. The Hall–Kier alpha value is -8.61. The smallest absolute Gasteiger partial charge is 0.238 e. The summed E-state index contributed by atoms with van der Waals surface area (Å²) in [4.78, 5) is 16.1. The van der Waals surface area contributed by atoms with Crippen molar-refractivity contribution >= 4 is 98.0 Å². The van der Waals surface area contributed by atoms with E-state index in [4.69, 9.17) is 23.8 Å². The highest BCUT2D eigenvalue weighted by molar-refractivity contribution is 6.24. The predicted octanol–water partition coefficient (Wildman–Crippen LogP) is 15.2. The van der Waals surface area contributed by atoms with Crippen molar-refractivity contribution in [3.8, 4) is 39.9 Å². The highest BCUT2D eigenvalue weighted by Crippen LogP contribution is 2.45. The third kappa shape index (κ3) is 5.03. The minimum absolute atomic E-state index is 0.513. The molecular weight excluding hydrogens is 773 g/mol. The van der Waals surface area contributed by atoms with E-state index in [-0.39, 0.29) is 0 Å². The van der Waals surface area contributed by atoms with Gasteiger partial charge in [-0.1, -0.05) is 164 Å². The number of fused-ring (bicyclic) bond motifs is 14. The van der Waals surface area contributed by atoms with Gasteiger partial charge in [0.15, 0.2) is 11.6 Å². The van der Waals surface area contributed by atoms with E-state index in [1.807, 2.05) is 18.2 Å². The topological polar surface area (TPSA) is 69.9 Å². The average molecular weight is 805 g/mol. The van der Waals surface area contributed by atoms with Gasteiger partial charge in [-0.3, -0.25) is 4.57 Å². The van der Waals surface area contributed by atoms with Gasteiger partial charge < -0.3 is 8.83 Å². The summed E-state index contributed by atoms with van der Waals surface area (Å²) in [7, 11) is 0. The van der Waals surface area contributed by atoms with Gasteiger partial charge in [0.05, 0.1) is 11.0 Å². The molecule has 0 N–H and O–H groups in total. The first-order valence-electron chi connectivity index (χ1n) is 21.2. The fourth-order valence-electron chi connectivity index (χ4n) is 9.94. The minimum atomic E-state index is 0.513. The molecule has 0 aliphatic rings. The molecule has 0 bridgehead atoms. The molecule has 0 aliphatic heterocycles. The first-order valence-corrected chi connectivity index (χ1v) is 21.2. The number of benzene rings is 10. The van der Waals surface area contributed by atoms with Crippen molar-refractivity contribution in [1.82, 2.24) is 19.5 Å². The van der Waals surface area contributed by atoms with Gasteiger partial charge in [-0.05, 0) is 57.3 Å². The van der Waals surface area contributed by atoms with E-state index < -0.39 is 0 Å². The Balaban J connectivity index is 1.10. The summed E-state index contributed by atoms with van der Waals surface area (Å²) >= 11 is 0. The number of nitrogens with zero attached hydrogens (tertiary/aromatic N) is 4. The van der Waals surface area contributed by atoms with Crippen molar-refractivity contribution in [3.63, 3.8) is 0 Å². The third-order valence-corrected chi connectivity index (χ3v) is 12.8. The van der Waals surface area contributed by atoms with Gasteiger partial charge in [-0.25, -0.2) is 4.98 Å². The van der Waals surface area contributed by atoms with Crippen molar-refractivity contribution in [2.24, 2.45) is 0 Å². The quantitative estimate of drug-likeness (QED) is 0.177. The van der Waals surface area contributed by atoms with E-state index >= 15 is 0 Å². The third-order valence-electron chi connectivity index (χ3n) is 12.8. The summed E-state index contributed by atoms with van der Waals surface area (Å²) in [6.45, 7) is 0. The summed E-state index contributed by atoms with van der Waals surface area (Å²) in [5.74, 6) is 1.63. The maximum Gasteiger partial charge on any atom is 0.238 e. The molecule has 4 aromatic heterocycles. The van der Waals surface area contributed by atoms with Gasteiger partial charge in [0, 0.05) is 60.0 Å². The zero-order chi connectivity index (χ0) is 41.2. The summed E-state index contributed by atoms with van der Waals surface area (Å²) in [6, 6.07) is 68.0. The van der Waals surface area contributed by atoms with E-state index in [1.165, 1.54) is 10.8 Å². The molecule has 0 saturated heterocycles. The van der Waals surface area contributed by atoms with Crippen LogP contribution in [0, 0.1) is 0 Å². The van der Waals surface area contributed by atoms with Gasteiger partial charge >= 0.3 is 0 Å². The van der Waals surface area contributed by atoms with Gasteiger partial charge in [0.2, 0.25) is 5.95 Å². The molecule has 0 atom stereocenters. The van der Waals surface area contributed by atoms with Crippen LogP contribution in [0.1, 0.15) is 0 Å². The molecule has 0 unspecified atom stereocenters. The van der Waals surface area contributed by atoms with Crippen LogP contribution >= 0.6 is 0 Å². The Morgan fingerprint density at radius 1 is 0.333 bits per heavy atom. The molecular formula is C57H32N4O2. The van der Waals surface area contributed by atoms with Crippen LogP contribution < -0.4 is 0 Å². The second-order valence-electron chi connectivity index (χ2n) is 16.3. The molecule has 0 amide bonds. The maximum atomic E-state index is 6.87. The number of hydrogen-bond donors (Lipinski definition) is 0. The first-order chi connectivity index (χ1) is 31.2. The van der Waals surface area contributed by atoms with Crippen LogP contribution in [0.15, 0.2) is 203 Å². The summed E-state index contributed by atoms with van der Waals surface area (Å²) in [6.07, 6.45) is 0. The Labute approximate surface area is 358 Å². The summed E-state index contributed by atoms with van der Waals surface area (Å²) in [5.41, 5.74) is 9.05. The normalized spacial score (nSPS) is 12.1. The lowest BCUT2D eigenvalue weighted by Crippen LogP contribution is -2.07. The SMILES string of the molecule is c1ccc2cc(-c3nc(-c4ccc5c(c4)oc4ccccc45)nc(-n4c5c(-c6cccc7c6oc6ccc8ccccc8c67)cccc5c5ccc6ccccc6c54)n3)ccc2c1. The number of hydrogen-bond acceptors (Lipinski definition) is 5. The summed E-state index contributed by atoms with van der Waals surface area (Å²) < 4.78 is 15.5. The fourth-order valence-corrected chi connectivity index (χ4v) is 9.94. The van der Waals surface area contributed by atoms with Crippen molar-refractivity contribution < 1.29 is 8.83 Å². The maximum absolute atomic E-state index is 6.87. The van der Waals surface area contributed by atoms with E-state index in [9.17, 15) is 0 Å². The van der Waals surface area contributed by atoms with Crippen LogP contribution in [0.2, 0.25) is 0 Å². The van der Waals surface area contributed by atoms with Crippen LogP contribution in [-0.2, 0) is 0 Å². The van der Waals surface area contributed by atoms with Gasteiger partial charge in [-0.15, -0.1) is 0 Å². The lowest BCUT2D eigenvalue weighted by molar-refractivity contribution is 0.669. The number of furan rings is 2.